The Kier molecular flexibility index (Phi) is 1.15. The molecular weight excluding hydrogens is 180 g/mol. The van der Waals surface area contributed by atoms with Crippen LogP contribution in [0.5, 0.6) is 0 Å². The van der Waals surface area contributed by atoms with Gasteiger partial charge in [-0.3, -0.25) is 0 Å². The zero-order chi connectivity index (χ0) is 10.6. The first-order valence-corrected chi connectivity index (χ1v) is 6.64. The van der Waals surface area contributed by atoms with Crippen LogP contribution in [0.2, 0.25) is 0 Å². The van der Waals surface area contributed by atoms with E-state index in [2.05, 4.69) is 33.8 Å². The lowest BCUT2D eigenvalue weighted by Gasteiger charge is -2.28. The molecule has 0 saturated heterocycles. The molecule has 0 nitrogen and oxygen atoms in total. The topological polar surface area (TPSA) is 0 Å². The lowest BCUT2D eigenvalue weighted by atomic mass is 9.76. The van der Waals surface area contributed by atoms with E-state index in [1.54, 1.807) is 5.57 Å². The SMILES string of the molecule is CC1=CCC2[C@]13C1[C@H](CC[C@@]23C)C1(C)C. The maximum atomic E-state index is 2.58. The summed E-state index contributed by atoms with van der Waals surface area (Å²) < 4.78 is 0. The first kappa shape index (κ1) is 8.84. The Morgan fingerprint density at radius 3 is 2.73 bits per heavy atom. The standard InChI is InChI=1S/C15H22/c1-9-5-6-11-14(4)8-7-10-12(13(10,2)3)15(9,11)14/h5,10-12H,6-8H2,1-4H3/t10-,11?,12?,14-,15-/m0/s1. The van der Waals surface area contributed by atoms with Gasteiger partial charge in [0.25, 0.3) is 0 Å². The third-order valence-corrected chi connectivity index (χ3v) is 7.01. The lowest BCUT2D eigenvalue weighted by molar-refractivity contribution is 0.271. The zero-order valence-electron chi connectivity index (χ0n) is 10.4. The molecule has 0 bridgehead atoms. The van der Waals surface area contributed by atoms with Gasteiger partial charge in [0, 0.05) is 5.41 Å². The van der Waals surface area contributed by atoms with Crippen LogP contribution in [0.15, 0.2) is 11.6 Å². The second-order valence-corrected chi connectivity index (χ2v) is 7.41. The second-order valence-electron chi connectivity index (χ2n) is 7.41. The molecule has 1 spiro atoms. The van der Waals surface area contributed by atoms with Crippen molar-refractivity contribution in [1.82, 2.24) is 0 Å². The van der Waals surface area contributed by atoms with Gasteiger partial charge >= 0.3 is 0 Å². The first-order chi connectivity index (χ1) is 6.97. The van der Waals surface area contributed by atoms with E-state index in [1.165, 1.54) is 19.3 Å². The third kappa shape index (κ3) is 0.610. The van der Waals surface area contributed by atoms with Crippen LogP contribution in [0, 0.1) is 34.0 Å². The summed E-state index contributed by atoms with van der Waals surface area (Å²) in [5, 5.41) is 0. The summed E-state index contributed by atoms with van der Waals surface area (Å²) in [6.45, 7) is 10.0. The molecule has 0 radical (unpaired) electrons. The zero-order valence-corrected chi connectivity index (χ0v) is 10.4. The van der Waals surface area contributed by atoms with E-state index in [0.29, 0.717) is 16.2 Å². The van der Waals surface area contributed by atoms with Crippen LogP contribution < -0.4 is 0 Å². The molecule has 2 unspecified atom stereocenters. The van der Waals surface area contributed by atoms with Gasteiger partial charge in [-0.1, -0.05) is 32.4 Å². The van der Waals surface area contributed by atoms with Gasteiger partial charge in [-0.2, -0.15) is 0 Å². The van der Waals surface area contributed by atoms with Gasteiger partial charge < -0.3 is 0 Å². The molecule has 5 atom stereocenters. The van der Waals surface area contributed by atoms with E-state index in [1.807, 2.05) is 0 Å². The molecule has 0 aromatic carbocycles. The molecule has 0 N–H and O–H groups in total. The molecule has 3 fully saturated rings. The van der Waals surface area contributed by atoms with Crippen LogP contribution in [0.4, 0.5) is 0 Å². The fraction of sp³-hybridized carbons (Fsp3) is 0.867. The smallest absolute Gasteiger partial charge is 0.00389 e. The van der Waals surface area contributed by atoms with Gasteiger partial charge in [-0.05, 0) is 54.8 Å². The van der Waals surface area contributed by atoms with Crippen molar-refractivity contribution >= 4 is 0 Å². The highest BCUT2D eigenvalue weighted by molar-refractivity contribution is 5.46. The van der Waals surface area contributed by atoms with Gasteiger partial charge in [0.15, 0.2) is 0 Å². The Morgan fingerprint density at radius 2 is 2.00 bits per heavy atom. The van der Waals surface area contributed by atoms with Gasteiger partial charge in [-0.25, -0.2) is 0 Å². The minimum absolute atomic E-state index is 0.659. The van der Waals surface area contributed by atoms with E-state index in [4.69, 9.17) is 0 Å². The normalized spacial score (nSPS) is 62.7. The highest BCUT2D eigenvalue weighted by atomic mass is 14.9. The van der Waals surface area contributed by atoms with E-state index in [-0.39, 0.29) is 0 Å². The minimum atomic E-state index is 0.659. The number of allylic oxidation sites excluding steroid dienone is 2. The molecule has 0 heterocycles. The van der Waals surface area contributed by atoms with E-state index in [0.717, 1.165) is 17.8 Å². The Hall–Kier alpha value is -0.260. The summed E-state index contributed by atoms with van der Waals surface area (Å²) in [7, 11) is 0. The summed E-state index contributed by atoms with van der Waals surface area (Å²) in [6, 6.07) is 0. The Labute approximate surface area is 93.1 Å². The molecule has 0 aromatic heterocycles. The summed E-state index contributed by atoms with van der Waals surface area (Å²) in [5.74, 6) is 3.12. The van der Waals surface area contributed by atoms with E-state index >= 15 is 0 Å². The van der Waals surface area contributed by atoms with Gasteiger partial charge in [0.05, 0.1) is 0 Å². The summed E-state index contributed by atoms with van der Waals surface area (Å²) >= 11 is 0. The van der Waals surface area contributed by atoms with Crippen molar-refractivity contribution < 1.29 is 0 Å². The van der Waals surface area contributed by atoms with E-state index < -0.39 is 0 Å². The van der Waals surface area contributed by atoms with Gasteiger partial charge in [0.1, 0.15) is 0 Å². The molecule has 4 aliphatic carbocycles. The van der Waals surface area contributed by atoms with Crippen LogP contribution in [-0.2, 0) is 0 Å². The largest absolute Gasteiger partial charge is 0.0847 e. The number of fused-ring (bicyclic) bond motifs is 2. The Balaban J connectivity index is 1.87. The van der Waals surface area contributed by atoms with E-state index in [9.17, 15) is 0 Å². The molecule has 15 heavy (non-hydrogen) atoms. The van der Waals surface area contributed by atoms with Crippen molar-refractivity contribution in [1.29, 1.82) is 0 Å². The van der Waals surface area contributed by atoms with Crippen LogP contribution >= 0.6 is 0 Å². The van der Waals surface area contributed by atoms with Crippen molar-refractivity contribution in [3.63, 3.8) is 0 Å². The molecule has 0 aliphatic heterocycles. The van der Waals surface area contributed by atoms with Crippen molar-refractivity contribution in [2.24, 2.45) is 34.0 Å². The highest BCUT2D eigenvalue weighted by Crippen LogP contribution is 2.92. The fourth-order valence-corrected chi connectivity index (χ4v) is 6.28. The average molecular weight is 202 g/mol. The maximum absolute atomic E-state index is 2.58. The number of hydrogen-bond acceptors (Lipinski definition) is 0. The average Bonchev–Trinajstić information content (AvgIpc) is 2.84. The number of rotatable bonds is 0. The maximum Gasteiger partial charge on any atom is 0.00389 e. The molecule has 0 heteroatoms. The first-order valence-electron chi connectivity index (χ1n) is 6.64. The van der Waals surface area contributed by atoms with Crippen LogP contribution in [0.3, 0.4) is 0 Å². The van der Waals surface area contributed by atoms with Crippen molar-refractivity contribution in [2.75, 3.05) is 0 Å². The molecule has 3 saturated carbocycles. The second kappa shape index (κ2) is 1.96. The fourth-order valence-electron chi connectivity index (χ4n) is 6.28. The summed E-state index contributed by atoms with van der Waals surface area (Å²) in [5.41, 5.74) is 3.81. The van der Waals surface area contributed by atoms with Crippen LogP contribution in [0.25, 0.3) is 0 Å². The molecule has 4 rings (SSSR count). The van der Waals surface area contributed by atoms with Crippen molar-refractivity contribution in [3.05, 3.63) is 11.6 Å². The van der Waals surface area contributed by atoms with Gasteiger partial charge in [0.2, 0.25) is 0 Å². The summed E-state index contributed by atoms with van der Waals surface area (Å²) in [6.07, 6.45) is 6.96. The van der Waals surface area contributed by atoms with Crippen molar-refractivity contribution in [3.8, 4) is 0 Å². The minimum Gasteiger partial charge on any atom is -0.0847 e. The van der Waals surface area contributed by atoms with Crippen molar-refractivity contribution in [2.45, 2.75) is 47.0 Å². The highest BCUT2D eigenvalue weighted by Gasteiger charge is 2.87. The molecule has 0 aromatic rings. The van der Waals surface area contributed by atoms with Crippen LogP contribution in [0.1, 0.15) is 47.0 Å². The summed E-state index contributed by atoms with van der Waals surface area (Å²) in [4.78, 5) is 0. The molecule has 0 amide bonds. The Bertz CT molecular complexity index is 389. The predicted molar refractivity (Wildman–Crippen MR) is 62.4 cm³/mol. The molecule has 4 aliphatic rings. The van der Waals surface area contributed by atoms with Crippen LogP contribution in [-0.4, -0.2) is 0 Å². The predicted octanol–water partition coefficient (Wildman–Crippen LogP) is 4.02. The Morgan fingerprint density at radius 1 is 1.27 bits per heavy atom. The lowest BCUT2D eigenvalue weighted by Crippen LogP contribution is -2.21. The quantitative estimate of drug-likeness (QED) is 0.520. The molecular formula is C15H22. The van der Waals surface area contributed by atoms with Gasteiger partial charge in [-0.15, -0.1) is 0 Å². The number of hydrogen-bond donors (Lipinski definition) is 0. The molecule has 82 valence electrons. The monoisotopic (exact) mass is 202 g/mol. The third-order valence-electron chi connectivity index (χ3n) is 7.01.